The van der Waals surface area contributed by atoms with Crippen LogP contribution in [0.15, 0.2) is 11.1 Å². The molecule has 0 amide bonds. The van der Waals surface area contributed by atoms with Gasteiger partial charge < -0.3 is 23.4 Å². The van der Waals surface area contributed by atoms with Crippen molar-refractivity contribution in [1.29, 1.82) is 0 Å². The third-order valence-electron chi connectivity index (χ3n) is 11.9. The van der Waals surface area contributed by atoms with Gasteiger partial charge in [-0.3, -0.25) is 4.18 Å². The third-order valence-corrected chi connectivity index (χ3v) is 17.5. The molecule has 1 unspecified atom stereocenters. The molecule has 13 heteroatoms. The van der Waals surface area contributed by atoms with Gasteiger partial charge >= 0.3 is 11.7 Å². The zero-order valence-electron chi connectivity index (χ0n) is 27.6. The van der Waals surface area contributed by atoms with Crippen molar-refractivity contribution < 1.29 is 49.7 Å². The first-order valence-electron chi connectivity index (χ1n) is 16.0. The second kappa shape index (κ2) is 10.8. The van der Waals surface area contributed by atoms with E-state index in [2.05, 4.69) is 27.7 Å². The number of carbonyl (C=O) groups is 1. The minimum absolute atomic E-state index is 0.181. The van der Waals surface area contributed by atoms with E-state index < -0.39 is 89.2 Å². The van der Waals surface area contributed by atoms with Crippen LogP contribution in [0.3, 0.4) is 0 Å². The van der Waals surface area contributed by atoms with Gasteiger partial charge in [0.05, 0.1) is 17.8 Å². The minimum atomic E-state index is -5.08. The maximum Gasteiger partial charge on any atom is 0.509 e. The topological polar surface area (TPSA) is 89.5 Å². The smallest absolute Gasteiger partial charge is 0.426 e. The molecule has 0 aromatic carbocycles. The van der Waals surface area contributed by atoms with Crippen LogP contribution in [-0.4, -0.2) is 65.6 Å². The van der Waals surface area contributed by atoms with E-state index in [-0.39, 0.29) is 12.8 Å². The number of halogens is 3. The van der Waals surface area contributed by atoms with Crippen molar-refractivity contribution >= 4 is 25.6 Å². The molecule has 9 atom stereocenters. The van der Waals surface area contributed by atoms with Crippen molar-refractivity contribution in [1.82, 2.24) is 0 Å². The molecule has 44 heavy (non-hydrogen) atoms. The van der Waals surface area contributed by atoms with E-state index in [1.54, 1.807) is 6.92 Å². The molecule has 2 bridgehead atoms. The number of ether oxygens (including phenoxy) is 4. The summed E-state index contributed by atoms with van der Waals surface area (Å²) >= 11 is -3.60. The predicted octanol–water partition coefficient (Wildman–Crippen LogP) is 7.70. The zero-order valence-corrected chi connectivity index (χ0v) is 29.5. The molecule has 2 saturated heterocycles. The Kier molecular flexibility index (Phi) is 8.40. The Morgan fingerprint density at radius 3 is 2.16 bits per heavy atom. The van der Waals surface area contributed by atoms with Crippen LogP contribution in [0.25, 0.3) is 0 Å². The highest BCUT2D eigenvalue weighted by molar-refractivity contribution is 7.81. The summed E-state index contributed by atoms with van der Waals surface area (Å²) in [6.07, 6.45) is -2.09. The fraction of sp³-hybridized carbons (Fsp3) is 0.903. The summed E-state index contributed by atoms with van der Waals surface area (Å²) in [5.74, 6) is -1.89. The summed E-state index contributed by atoms with van der Waals surface area (Å²) in [6.45, 7) is 19.7. The Morgan fingerprint density at radius 1 is 0.977 bits per heavy atom. The predicted molar refractivity (Wildman–Crippen MR) is 160 cm³/mol. The maximum atomic E-state index is 13.8. The maximum absolute atomic E-state index is 13.8. The van der Waals surface area contributed by atoms with Crippen molar-refractivity contribution in [3.63, 3.8) is 0 Å². The molecule has 5 rings (SSSR count). The normalized spacial score (nSPS) is 41.9. The van der Waals surface area contributed by atoms with E-state index in [4.69, 9.17) is 27.6 Å². The van der Waals surface area contributed by atoms with Gasteiger partial charge in [-0.1, -0.05) is 41.5 Å². The fourth-order valence-corrected chi connectivity index (χ4v) is 13.1. The molecule has 8 nitrogen and oxygen atoms in total. The molecule has 252 valence electrons. The van der Waals surface area contributed by atoms with E-state index in [9.17, 15) is 22.2 Å². The highest BCUT2D eigenvalue weighted by Gasteiger charge is 2.76. The zero-order chi connectivity index (χ0) is 32.9. The molecule has 0 aromatic heterocycles. The summed E-state index contributed by atoms with van der Waals surface area (Å²) in [7, 11) is -2.19. The number of carbonyl (C=O) groups excluding carboxylic acids is 1. The summed E-state index contributed by atoms with van der Waals surface area (Å²) in [6, 6.07) is 2.72. The minimum Gasteiger partial charge on any atom is -0.426 e. The van der Waals surface area contributed by atoms with Crippen LogP contribution in [0.2, 0.25) is 18.1 Å². The standard InChI is InChI=1S/C31H49F3O8SSi/c1-11-44(12-2,13-3)41-19-17-30-24(37-25(35)40-30)22-28(9,15-14-16-29(22,10)42-43(36)31(32,33)34)23-21(38-27(7,8)39-23)20(18(19)4)26(30,5)6/h19,21-24H,11-17H2,1-10H3/t19-,21+,22-,23-,24-,28+,29?,30+,43+/m0/s1. The number of hydrogen-bond donors (Lipinski definition) is 0. The van der Waals surface area contributed by atoms with Gasteiger partial charge in [-0.05, 0) is 76.2 Å². The largest absolute Gasteiger partial charge is 0.509 e. The molecule has 5 aliphatic rings. The van der Waals surface area contributed by atoms with Gasteiger partial charge in [0.15, 0.2) is 25.8 Å². The van der Waals surface area contributed by atoms with E-state index in [1.807, 2.05) is 34.6 Å². The van der Waals surface area contributed by atoms with Crippen LogP contribution in [-0.2, 0) is 38.6 Å². The molecule has 4 fully saturated rings. The van der Waals surface area contributed by atoms with Crippen LogP contribution < -0.4 is 0 Å². The summed E-state index contributed by atoms with van der Waals surface area (Å²) < 4.78 is 92.5. The van der Waals surface area contributed by atoms with Gasteiger partial charge in [-0.2, -0.15) is 13.2 Å². The summed E-state index contributed by atoms with van der Waals surface area (Å²) in [4.78, 5) is 13.3. The Balaban J connectivity index is 1.79. The van der Waals surface area contributed by atoms with E-state index in [1.165, 1.54) is 0 Å². The third kappa shape index (κ3) is 4.96. The summed E-state index contributed by atoms with van der Waals surface area (Å²) in [5, 5.41) is 0. The lowest BCUT2D eigenvalue weighted by Crippen LogP contribution is -2.71. The monoisotopic (exact) mass is 666 g/mol. The van der Waals surface area contributed by atoms with Crippen molar-refractivity contribution in [2.45, 2.75) is 160 Å². The molecular formula is C31H49F3O8SSi. The van der Waals surface area contributed by atoms with Crippen LogP contribution >= 0.6 is 0 Å². The quantitative estimate of drug-likeness (QED) is 0.155. The first-order chi connectivity index (χ1) is 20.2. The molecule has 0 N–H and O–H groups in total. The second-order valence-corrected chi connectivity index (χ2v) is 20.8. The van der Waals surface area contributed by atoms with Gasteiger partial charge in [-0.15, -0.1) is 0 Å². The lowest BCUT2D eigenvalue weighted by atomic mass is 9.46. The van der Waals surface area contributed by atoms with Crippen LogP contribution in [0.4, 0.5) is 18.0 Å². The van der Waals surface area contributed by atoms with Crippen molar-refractivity contribution in [3.05, 3.63) is 11.1 Å². The van der Waals surface area contributed by atoms with Crippen LogP contribution in [0.5, 0.6) is 0 Å². The highest BCUT2D eigenvalue weighted by atomic mass is 32.2. The van der Waals surface area contributed by atoms with Crippen molar-refractivity contribution in [2.75, 3.05) is 0 Å². The SMILES string of the molecule is CC[Si](CC)(CC)O[C@H]1C[C@@]23OC(=O)O[C@H]2[C@@H]2C(C)(O[S@@](=O)C(F)(F)F)CCC[C@@]2(C)[C@H]2OC(C)(C)O[C@@H]2C(=C1C)C3(C)C. The first-order valence-corrected chi connectivity index (χ1v) is 19.6. The Hall–Kier alpha value is -0.993. The molecule has 2 heterocycles. The van der Waals surface area contributed by atoms with Crippen LogP contribution in [0.1, 0.15) is 94.9 Å². The van der Waals surface area contributed by atoms with E-state index >= 15 is 0 Å². The average molecular weight is 667 g/mol. The number of rotatable bonds is 7. The molecule has 2 aliphatic heterocycles. The van der Waals surface area contributed by atoms with Gasteiger partial charge in [0.1, 0.15) is 6.10 Å². The lowest BCUT2D eigenvalue weighted by molar-refractivity contribution is -0.220. The van der Waals surface area contributed by atoms with Crippen molar-refractivity contribution in [3.8, 4) is 0 Å². The van der Waals surface area contributed by atoms with Crippen LogP contribution in [0, 0.1) is 16.7 Å². The first kappa shape index (κ1) is 34.3. The molecular weight excluding hydrogens is 617 g/mol. The average Bonchev–Trinajstić information content (AvgIpc) is 3.40. The fourth-order valence-electron chi connectivity index (χ4n) is 9.58. The molecule has 1 spiro atoms. The van der Waals surface area contributed by atoms with E-state index in [0.29, 0.717) is 12.8 Å². The second-order valence-electron chi connectivity index (χ2n) is 14.9. The molecule has 0 aromatic rings. The van der Waals surface area contributed by atoms with Gasteiger partial charge in [0, 0.05) is 23.2 Å². The van der Waals surface area contributed by atoms with Gasteiger partial charge in [0.2, 0.25) is 0 Å². The van der Waals surface area contributed by atoms with Gasteiger partial charge in [0.25, 0.3) is 11.1 Å². The highest BCUT2D eigenvalue weighted by Crippen LogP contribution is 2.68. The Bertz CT molecular complexity index is 1230. The lowest BCUT2D eigenvalue weighted by Gasteiger charge is -2.63. The molecule has 3 aliphatic carbocycles. The van der Waals surface area contributed by atoms with Gasteiger partial charge in [-0.25, -0.2) is 9.00 Å². The van der Waals surface area contributed by atoms with Crippen molar-refractivity contribution in [2.24, 2.45) is 16.7 Å². The number of hydrogen-bond acceptors (Lipinski definition) is 8. The molecule has 0 radical (unpaired) electrons. The number of fused-ring (bicyclic) bond motifs is 6. The number of alkyl halides is 3. The summed E-state index contributed by atoms with van der Waals surface area (Å²) in [5.41, 5.74) is -7.87. The Morgan fingerprint density at radius 2 is 1.59 bits per heavy atom. The molecule has 2 saturated carbocycles. The van der Waals surface area contributed by atoms with E-state index in [0.717, 1.165) is 29.3 Å². The Labute approximate surface area is 262 Å².